The van der Waals surface area contributed by atoms with Crippen molar-refractivity contribution in [2.75, 3.05) is 19.8 Å². The van der Waals surface area contributed by atoms with E-state index in [2.05, 4.69) is 40.0 Å². The monoisotopic (exact) mass is 259 g/mol. The topological polar surface area (TPSA) is 38.6 Å². The van der Waals surface area contributed by atoms with E-state index < -0.39 is 0 Å². The molecule has 1 fully saturated rings. The van der Waals surface area contributed by atoms with Crippen LogP contribution >= 0.6 is 0 Å². The Balaban J connectivity index is 1.60. The number of rotatable bonds is 4. The molecule has 4 heteroatoms. The van der Waals surface area contributed by atoms with Crippen LogP contribution in [0.2, 0.25) is 0 Å². The maximum Gasteiger partial charge on any atom is 0.139 e. The van der Waals surface area contributed by atoms with Crippen LogP contribution < -0.4 is 5.32 Å². The molecule has 2 aromatic rings. The summed E-state index contributed by atoms with van der Waals surface area (Å²) in [6, 6.07) is 4.17. The number of hydrogen-bond acceptors (Lipinski definition) is 3. The standard InChI is InChI=1S/C15H21N3O/c1-12-4-2-6-18-14(10-17-15(12)18)9-16-8-13-5-3-7-19-11-13/h2,4,6,10,13,16H,3,5,7-9,11H2,1H3. The Morgan fingerprint density at radius 2 is 2.47 bits per heavy atom. The predicted molar refractivity (Wildman–Crippen MR) is 75.2 cm³/mol. The second kappa shape index (κ2) is 5.72. The van der Waals surface area contributed by atoms with E-state index in [4.69, 9.17) is 4.74 Å². The smallest absolute Gasteiger partial charge is 0.139 e. The minimum absolute atomic E-state index is 0.662. The highest BCUT2D eigenvalue weighted by Crippen LogP contribution is 2.13. The Morgan fingerprint density at radius 3 is 3.32 bits per heavy atom. The molecule has 1 unspecified atom stereocenters. The van der Waals surface area contributed by atoms with Crippen molar-refractivity contribution >= 4 is 5.65 Å². The number of nitrogens with zero attached hydrogens (tertiary/aromatic N) is 2. The van der Waals surface area contributed by atoms with Crippen LogP contribution in [0.1, 0.15) is 24.1 Å². The fraction of sp³-hybridized carbons (Fsp3) is 0.533. The lowest BCUT2D eigenvalue weighted by molar-refractivity contribution is 0.0547. The average molecular weight is 259 g/mol. The summed E-state index contributed by atoms with van der Waals surface area (Å²) in [5.41, 5.74) is 3.49. The van der Waals surface area contributed by atoms with Crippen LogP contribution in [0.5, 0.6) is 0 Å². The van der Waals surface area contributed by atoms with Crippen molar-refractivity contribution in [3.63, 3.8) is 0 Å². The second-order valence-electron chi connectivity index (χ2n) is 5.35. The predicted octanol–water partition coefficient (Wildman–Crippen LogP) is 2.16. The van der Waals surface area contributed by atoms with Crippen LogP contribution in [-0.2, 0) is 11.3 Å². The SMILES string of the molecule is Cc1cccn2c(CNCC3CCCOC3)cnc12. The van der Waals surface area contributed by atoms with E-state index in [0.717, 1.165) is 32.0 Å². The minimum Gasteiger partial charge on any atom is -0.381 e. The number of pyridine rings is 1. The molecule has 4 nitrogen and oxygen atoms in total. The van der Waals surface area contributed by atoms with Gasteiger partial charge in [-0.15, -0.1) is 0 Å². The molecule has 1 N–H and O–H groups in total. The van der Waals surface area contributed by atoms with Gasteiger partial charge >= 0.3 is 0 Å². The largest absolute Gasteiger partial charge is 0.381 e. The Bertz CT molecular complexity index is 543. The molecule has 0 radical (unpaired) electrons. The first kappa shape index (κ1) is 12.6. The van der Waals surface area contributed by atoms with E-state index in [9.17, 15) is 0 Å². The molecule has 0 bridgehead atoms. The number of fused-ring (bicyclic) bond motifs is 1. The van der Waals surface area contributed by atoms with Crippen molar-refractivity contribution in [1.82, 2.24) is 14.7 Å². The highest BCUT2D eigenvalue weighted by Gasteiger charge is 2.13. The quantitative estimate of drug-likeness (QED) is 0.914. The Hall–Kier alpha value is -1.39. The maximum atomic E-state index is 5.50. The van der Waals surface area contributed by atoms with E-state index in [1.54, 1.807) is 0 Å². The van der Waals surface area contributed by atoms with Crippen molar-refractivity contribution < 1.29 is 4.74 Å². The number of aromatic nitrogens is 2. The summed E-state index contributed by atoms with van der Waals surface area (Å²) in [5.74, 6) is 0.662. The summed E-state index contributed by atoms with van der Waals surface area (Å²) >= 11 is 0. The highest BCUT2D eigenvalue weighted by molar-refractivity contribution is 5.48. The Kier molecular flexibility index (Phi) is 3.80. The number of nitrogens with one attached hydrogen (secondary N) is 1. The van der Waals surface area contributed by atoms with Gasteiger partial charge in [0.2, 0.25) is 0 Å². The van der Waals surface area contributed by atoms with Gasteiger partial charge in [0.05, 0.1) is 18.5 Å². The second-order valence-corrected chi connectivity index (χ2v) is 5.35. The third-order valence-corrected chi connectivity index (χ3v) is 3.80. The van der Waals surface area contributed by atoms with E-state index in [1.165, 1.54) is 24.1 Å². The van der Waals surface area contributed by atoms with Gasteiger partial charge in [-0.1, -0.05) is 6.07 Å². The van der Waals surface area contributed by atoms with Crippen molar-refractivity contribution in [3.8, 4) is 0 Å². The molecule has 0 aliphatic carbocycles. The Morgan fingerprint density at radius 1 is 1.53 bits per heavy atom. The number of imidazole rings is 1. The molecule has 0 amide bonds. The van der Waals surface area contributed by atoms with Gasteiger partial charge in [0.1, 0.15) is 5.65 Å². The molecular formula is C15H21N3O. The molecule has 0 spiro atoms. The molecule has 1 atom stereocenters. The van der Waals surface area contributed by atoms with Gasteiger partial charge in [-0.3, -0.25) is 0 Å². The van der Waals surface area contributed by atoms with Crippen LogP contribution in [0.15, 0.2) is 24.5 Å². The summed E-state index contributed by atoms with van der Waals surface area (Å²) < 4.78 is 7.66. The molecule has 2 aromatic heterocycles. The zero-order chi connectivity index (χ0) is 13.1. The summed E-state index contributed by atoms with van der Waals surface area (Å²) in [6.07, 6.45) is 6.52. The lowest BCUT2D eigenvalue weighted by Crippen LogP contribution is -2.29. The zero-order valence-electron chi connectivity index (χ0n) is 11.4. The third-order valence-electron chi connectivity index (χ3n) is 3.80. The van der Waals surface area contributed by atoms with Crippen LogP contribution in [0.3, 0.4) is 0 Å². The van der Waals surface area contributed by atoms with Gasteiger partial charge in [0.15, 0.2) is 0 Å². The molecule has 19 heavy (non-hydrogen) atoms. The van der Waals surface area contributed by atoms with Crippen LogP contribution in [0.25, 0.3) is 5.65 Å². The highest BCUT2D eigenvalue weighted by atomic mass is 16.5. The molecule has 0 saturated carbocycles. The van der Waals surface area contributed by atoms with Gasteiger partial charge in [-0.25, -0.2) is 4.98 Å². The molecule has 3 heterocycles. The summed E-state index contributed by atoms with van der Waals surface area (Å²) in [4.78, 5) is 4.48. The number of ether oxygens (including phenoxy) is 1. The summed E-state index contributed by atoms with van der Waals surface area (Å²) in [7, 11) is 0. The van der Waals surface area contributed by atoms with Crippen molar-refractivity contribution in [2.24, 2.45) is 5.92 Å². The van der Waals surface area contributed by atoms with Crippen LogP contribution in [0, 0.1) is 12.8 Å². The van der Waals surface area contributed by atoms with Crippen LogP contribution in [-0.4, -0.2) is 29.1 Å². The van der Waals surface area contributed by atoms with Gasteiger partial charge in [0.25, 0.3) is 0 Å². The Labute approximate surface area is 113 Å². The molecule has 1 saturated heterocycles. The first-order chi connectivity index (χ1) is 9.34. The molecule has 1 aliphatic rings. The van der Waals surface area contributed by atoms with E-state index in [1.807, 2.05) is 6.20 Å². The fourth-order valence-electron chi connectivity index (χ4n) is 2.71. The van der Waals surface area contributed by atoms with E-state index >= 15 is 0 Å². The molecule has 3 rings (SSSR count). The van der Waals surface area contributed by atoms with Crippen molar-refractivity contribution in [3.05, 3.63) is 35.8 Å². The lowest BCUT2D eigenvalue weighted by Gasteiger charge is -2.22. The zero-order valence-corrected chi connectivity index (χ0v) is 11.4. The van der Waals surface area contributed by atoms with Gasteiger partial charge in [-0.05, 0) is 37.3 Å². The van der Waals surface area contributed by atoms with E-state index in [0.29, 0.717) is 5.92 Å². The van der Waals surface area contributed by atoms with Gasteiger partial charge in [0, 0.05) is 25.9 Å². The van der Waals surface area contributed by atoms with Gasteiger partial charge < -0.3 is 14.5 Å². The van der Waals surface area contributed by atoms with E-state index in [-0.39, 0.29) is 0 Å². The number of hydrogen-bond donors (Lipinski definition) is 1. The summed E-state index contributed by atoms with van der Waals surface area (Å²) in [5, 5.41) is 3.53. The normalized spacial score (nSPS) is 19.9. The van der Waals surface area contributed by atoms with Crippen molar-refractivity contribution in [2.45, 2.75) is 26.3 Å². The van der Waals surface area contributed by atoms with Crippen molar-refractivity contribution in [1.29, 1.82) is 0 Å². The van der Waals surface area contributed by atoms with Crippen LogP contribution in [0.4, 0.5) is 0 Å². The fourth-order valence-corrected chi connectivity index (χ4v) is 2.71. The molecule has 1 aliphatic heterocycles. The average Bonchev–Trinajstić information content (AvgIpc) is 2.85. The molecule has 102 valence electrons. The first-order valence-corrected chi connectivity index (χ1v) is 7.04. The first-order valence-electron chi connectivity index (χ1n) is 7.04. The maximum absolute atomic E-state index is 5.50. The minimum atomic E-state index is 0.662. The summed E-state index contributed by atoms with van der Waals surface area (Å²) in [6.45, 7) is 5.82. The van der Waals surface area contributed by atoms with Gasteiger partial charge in [-0.2, -0.15) is 0 Å². The lowest BCUT2D eigenvalue weighted by atomic mass is 10.0. The number of aryl methyl sites for hydroxylation is 1. The third kappa shape index (κ3) is 2.80. The molecular weight excluding hydrogens is 238 g/mol. The molecule has 0 aromatic carbocycles.